The molecule has 0 aliphatic heterocycles. The van der Waals surface area contributed by atoms with E-state index < -0.39 is 0 Å². The van der Waals surface area contributed by atoms with Crippen LogP contribution < -0.4 is 10.3 Å². The molecule has 3 N–H and O–H groups in total. The molecule has 0 radical (unpaired) electrons. The number of hydrogen-bond acceptors (Lipinski definition) is 4. The van der Waals surface area contributed by atoms with Crippen molar-refractivity contribution >= 4 is 17.0 Å². The molecule has 0 aliphatic rings. The third-order valence-corrected chi connectivity index (χ3v) is 2.66. The highest BCUT2D eigenvalue weighted by Crippen LogP contribution is 2.20. The Balaban J connectivity index is 2.27. The minimum absolute atomic E-state index is 0.0918. The number of pyridine rings is 1. The van der Waals surface area contributed by atoms with Crippen LogP contribution in [0.25, 0.3) is 22.2 Å². The molecule has 0 fully saturated rings. The maximum absolute atomic E-state index is 11.7. The molecule has 0 spiro atoms. The number of nitrogens with zero attached hydrogens (tertiary/aromatic N) is 3. The molecule has 0 saturated carbocycles. The molecule has 2 heterocycles. The zero-order valence-electron chi connectivity index (χ0n) is 9.37. The molecule has 2 aromatic heterocycles. The monoisotopic (exact) mass is 240 g/mol. The van der Waals surface area contributed by atoms with Crippen molar-refractivity contribution in [1.29, 1.82) is 0 Å². The van der Waals surface area contributed by atoms with Crippen LogP contribution in [-0.2, 0) is 0 Å². The Bertz CT molecular complexity index is 766. The summed E-state index contributed by atoms with van der Waals surface area (Å²) in [5.41, 5.74) is 8.39. The van der Waals surface area contributed by atoms with Crippen molar-refractivity contribution in [3.05, 3.63) is 47.6 Å². The molecule has 88 valence electrons. The van der Waals surface area contributed by atoms with Gasteiger partial charge >= 0.3 is 5.52 Å². The molecule has 0 amide bonds. The molecular formula is C12H10N5O+. The Hall–Kier alpha value is -2.76. The lowest BCUT2D eigenvalue weighted by Gasteiger charge is -1.99. The molecular weight excluding hydrogens is 230 g/mol. The number of rotatable bonds is 1. The summed E-state index contributed by atoms with van der Waals surface area (Å²) in [6, 6.07) is 9.18. The van der Waals surface area contributed by atoms with Crippen LogP contribution in [0.15, 0.2) is 42.7 Å². The van der Waals surface area contributed by atoms with Gasteiger partial charge in [-0.2, -0.15) is 0 Å². The average molecular weight is 240 g/mol. The van der Waals surface area contributed by atoms with Crippen LogP contribution in [0.4, 0.5) is 5.95 Å². The molecule has 18 heavy (non-hydrogen) atoms. The van der Waals surface area contributed by atoms with Gasteiger partial charge in [-0.25, -0.2) is 4.98 Å². The van der Waals surface area contributed by atoms with Crippen LogP contribution in [0.3, 0.4) is 0 Å². The van der Waals surface area contributed by atoms with E-state index in [-0.39, 0.29) is 5.95 Å². The molecule has 0 aliphatic carbocycles. The number of H-pyrrole nitrogens is 1. The number of aromatic amines is 1. The lowest BCUT2D eigenvalue weighted by atomic mass is 10.1. The fraction of sp³-hybridized carbons (Fsp3) is 0. The standard InChI is InChI=1S/C12H10N5O/c13-12-15-10-2-1-9(7-11(10)17(18)16-12)8-3-5-14-6-4-8/h1-7H,(H3,13,15,16,18)/q+1. The molecule has 6 nitrogen and oxygen atoms in total. The molecule has 3 rings (SSSR count). The van der Waals surface area contributed by atoms with E-state index in [0.29, 0.717) is 15.6 Å². The molecule has 0 atom stereocenters. The quantitative estimate of drug-likeness (QED) is 0.623. The van der Waals surface area contributed by atoms with Crippen molar-refractivity contribution in [2.75, 3.05) is 5.73 Å². The van der Waals surface area contributed by atoms with Gasteiger partial charge in [-0.15, -0.1) is 0 Å². The Labute approximate surface area is 102 Å². The number of nitrogens with two attached hydrogens (primary N) is 1. The van der Waals surface area contributed by atoms with E-state index in [2.05, 4.69) is 15.1 Å². The normalized spacial score (nSPS) is 10.7. The van der Waals surface area contributed by atoms with Gasteiger partial charge in [0.15, 0.2) is 4.54 Å². The van der Waals surface area contributed by atoms with Gasteiger partial charge in [0, 0.05) is 18.5 Å². The van der Waals surface area contributed by atoms with Crippen molar-refractivity contribution in [2.45, 2.75) is 0 Å². The summed E-state index contributed by atoms with van der Waals surface area (Å²) in [5, 5.41) is 2.41. The number of hydrogen-bond donors (Lipinski definition) is 2. The zero-order chi connectivity index (χ0) is 12.5. The number of aromatic nitrogens is 4. The summed E-state index contributed by atoms with van der Waals surface area (Å²) in [7, 11) is 0. The van der Waals surface area contributed by atoms with Crippen LogP contribution in [0.2, 0.25) is 0 Å². The van der Waals surface area contributed by atoms with Gasteiger partial charge in [0.25, 0.3) is 5.95 Å². The van der Waals surface area contributed by atoms with Crippen molar-refractivity contribution < 1.29 is 4.54 Å². The van der Waals surface area contributed by atoms with E-state index in [9.17, 15) is 4.91 Å². The van der Waals surface area contributed by atoms with Crippen LogP contribution >= 0.6 is 0 Å². The van der Waals surface area contributed by atoms with Crippen LogP contribution in [-0.4, -0.2) is 15.1 Å². The first-order valence-electron chi connectivity index (χ1n) is 5.36. The van der Waals surface area contributed by atoms with E-state index in [1.807, 2.05) is 18.2 Å². The van der Waals surface area contributed by atoms with E-state index in [4.69, 9.17) is 5.73 Å². The van der Waals surface area contributed by atoms with Gasteiger partial charge in [-0.1, -0.05) is 11.2 Å². The van der Waals surface area contributed by atoms with E-state index in [1.54, 1.807) is 24.5 Å². The van der Waals surface area contributed by atoms with E-state index >= 15 is 0 Å². The molecule has 0 unspecified atom stereocenters. The van der Waals surface area contributed by atoms with Gasteiger partial charge in [0.05, 0.1) is 4.91 Å². The van der Waals surface area contributed by atoms with E-state index in [1.165, 1.54) is 0 Å². The molecule has 3 aromatic rings. The number of nitrogen functional groups attached to an aromatic ring is 1. The van der Waals surface area contributed by atoms with Crippen LogP contribution in [0.1, 0.15) is 0 Å². The highest BCUT2D eigenvalue weighted by molar-refractivity contribution is 5.79. The summed E-state index contributed by atoms with van der Waals surface area (Å²) < 4.78 is 0.613. The number of nitrogens with one attached hydrogen (secondary N) is 1. The fourth-order valence-electron chi connectivity index (χ4n) is 1.82. The predicted octanol–water partition coefficient (Wildman–Crippen LogP) is 1.12. The third kappa shape index (κ3) is 1.69. The highest BCUT2D eigenvalue weighted by Gasteiger charge is 2.11. The highest BCUT2D eigenvalue weighted by atomic mass is 16.3. The Kier molecular flexibility index (Phi) is 2.26. The first kappa shape index (κ1) is 10.4. The first-order chi connectivity index (χ1) is 8.74. The van der Waals surface area contributed by atoms with E-state index in [0.717, 1.165) is 11.1 Å². The molecule has 6 heteroatoms. The number of fused-ring (bicyclic) bond motifs is 1. The van der Waals surface area contributed by atoms with Gasteiger partial charge in [0.2, 0.25) is 0 Å². The molecule has 0 bridgehead atoms. The van der Waals surface area contributed by atoms with Gasteiger partial charge < -0.3 is 5.73 Å². The topological polar surface area (TPSA) is 90.6 Å². The predicted molar refractivity (Wildman–Crippen MR) is 67.1 cm³/mol. The minimum atomic E-state index is 0.0918. The number of anilines is 1. The summed E-state index contributed by atoms with van der Waals surface area (Å²) in [6.45, 7) is 0. The fourth-order valence-corrected chi connectivity index (χ4v) is 1.82. The summed E-state index contributed by atoms with van der Waals surface area (Å²) in [5.74, 6) is 0.0918. The van der Waals surface area contributed by atoms with Crippen molar-refractivity contribution in [1.82, 2.24) is 15.1 Å². The maximum Gasteiger partial charge on any atom is 0.318 e. The minimum Gasteiger partial charge on any atom is -0.365 e. The Morgan fingerprint density at radius 3 is 2.67 bits per heavy atom. The second-order valence-corrected chi connectivity index (χ2v) is 3.84. The largest absolute Gasteiger partial charge is 0.365 e. The number of benzene rings is 1. The second-order valence-electron chi connectivity index (χ2n) is 3.84. The smallest absolute Gasteiger partial charge is 0.318 e. The lowest BCUT2D eigenvalue weighted by molar-refractivity contribution is -0.534. The molecule has 0 saturated heterocycles. The zero-order valence-corrected chi connectivity index (χ0v) is 9.37. The summed E-state index contributed by atoms with van der Waals surface area (Å²) >= 11 is 0. The lowest BCUT2D eigenvalue weighted by Crippen LogP contribution is -2.23. The third-order valence-electron chi connectivity index (χ3n) is 2.66. The van der Waals surface area contributed by atoms with Crippen molar-refractivity contribution in [2.24, 2.45) is 0 Å². The van der Waals surface area contributed by atoms with Gasteiger partial charge in [-0.05, 0) is 29.3 Å². The summed E-state index contributed by atoms with van der Waals surface area (Å²) in [4.78, 5) is 19.7. The maximum atomic E-state index is 11.7. The van der Waals surface area contributed by atoms with Crippen LogP contribution in [0, 0.1) is 4.91 Å². The van der Waals surface area contributed by atoms with Crippen LogP contribution in [0.5, 0.6) is 0 Å². The van der Waals surface area contributed by atoms with Crippen molar-refractivity contribution in [3.8, 4) is 11.1 Å². The van der Waals surface area contributed by atoms with Gasteiger partial charge in [-0.3, -0.25) is 4.98 Å². The average Bonchev–Trinajstić information content (AvgIpc) is 2.39. The SMILES string of the molecule is Nc1nc2ccc(-c3ccncc3)cc2[n+](=O)[nH]1. The van der Waals surface area contributed by atoms with Gasteiger partial charge in [0.1, 0.15) is 5.52 Å². The Morgan fingerprint density at radius 1 is 1.11 bits per heavy atom. The summed E-state index contributed by atoms with van der Waals surface area (Å²) in [6.07, 6.45) is 3.41. The van der Waals surface area contributed by atoms with Crippen molar-refractivity contribution in [3.63, 3.8) is 0 Å². The second kappa shape index (κ2) is 3.92. The Morgan fingerprint density at radius 2 is 1.89 bits per heavy atom. The first-order valence-corrected chi connectivity index (χ1v) is 5.36. The molecule has 1 aromatic carbocycles.